The Bertz CT molecular complexity index is 523. The zero-order valence-corrected chi connectivity index (χ0v) is 12.7. The van der Waals surface area contributed by atoms with E-state index in [1.165, 1.54) is 11.1 Å². The van der Waals surface area contributed by atoms with Crippen molar-refractivity contribution in [1.82, 2.24) is 0 Å². The average Bonchev–Trinajstić information content (AvgIpc) is 2.44. The molecule has 0 unspecified atom stereocenters. The van der Waals surface area contributed by atoms with Crippen LogP contribution < -0.4 is 4.74 Å². The average molecular weight is 268 g/mol. The van der Waals surface area contributed by atoms with E-state index in [4.69, 9.17) is 4.74 Å². The van der Waals surface area contributed by atoms with Crippen LogP contribution in [0.1, 0.15) is 38.3 Å². The Morgan fingerprint density at radius 3 is 2.20 bits per heavy atom. The van der Waals surface area contributed by atoms with Crippen LogP contribution in [0.3, 0.4) is 0 Å². The Morgan fingerprint density at radius 1 is 0.850 bits per heavy atom. The van der Waals surface area contributed by atoms with E-state index in [1.54, 1.807) is 0 Å². The van der Waals surface area contributed by atoms with Crippen LogP contribution in [0.2, 0.25) is 0 Å². The van der Waals surface area contributed by atoms with Gasteiger partial charge in [0.05, 0.1) is 6.61 Å². The number of ether oxygens (including phenoxy) is 1. The van der Waals surface area contributed by atoms with E-state index in [0.29, 0.717) is 0 Å². The lowest BCUT2D eigenvalue weighted by Crippen LogP contribution is -2.13. The monoisotopic (exact) mass is 268 g/mol. The van der Waals surface area contributed by atoms with Crippen molar-refractivity contribution in [3.05, 3.63) is 65.7 Å². The highest BCUT2D eigenvalue weighted by Gasteiger charge is 2.18. The van der Waals surface area contributed by atoms with Crippen LogP contribution in [0.4, 0.5) is 0 Å². The highest BCUT2D eigenvalue weighted by Crippen LogP contribution is 2.30. The van der Waals surface area contributed by atoms with Crippen molar-refractivity contribution >= 4 is 0 Å². The van der Waals surface area contributed by atoms with Crippen molar-refractivity contribution in [2.75, 3.05) is 6.61 Å². The molecule has 1 nitrogen and oxygen atoms in total. The summed E-state index contributed by atoms with van der Waals surface area (Å²) in [4.78, 5) is 0. The molecule has 0 aromatic heterocycles. The van der Waals surface area contributed by atoms with Crippen molar-refractivity contribution in [1.29, 1.82) is 0 Å². The number of hydrogen-bond acceptors (Lipinski definition) is 1. The van der Waals surface area contributed by atoms with Crippen LogP contribution in [0.15, 0.2) is 54.6 Å². The first-order chi connectivity index (χ1) is 9.57. The molecule has 2 aromatic carbocycles. The van der Waals surface area contributed by atoms with Gasteiger partial charge in [-0.1, -0.05) is 69.3 Å². The third kappa shape index (κ3) is 4.12. The first-order valence-electron chi connectivity index (χ1n) is 7.33. The minimum Gasteiger partial charge on any atom is -0.493 e. The summed E-state index contributed by atoms with van der Waals surface area (Å²) < 4.78 is 5.99. The fraction of sp³-hybridized carbons (Fsp3) is 0.368. The molecule has 0 saturated heterocycles. The molecule has 106 valence electrons. The smallest absolute Gasteiger partial charge is 0.123 e. The Morgan fingerprint density at radius 2 is 1.50 bits per heavy atom. The Balaban J connectivity index is 1.89. The first-order valence-corrected chi connectivity index (χ1v) is 7.33. The molecular formula is C19H24O. The second-order valence-electron chi connectivity index (χ2n) is 6.18. The lowest BCUT2D eigenvalue weighted by atomic mass is 9.86. The quantitative estimate of drug-likeness (QED) is 0.694. The standard InChI is InChI=1S/C19H24O/c1-19(2,3)17-13-7-8-14-18(17)20-15-9-12-16-10-5-4-6-11-16/h4-8,10-11,13-14H,9,12,15H2,1-3H3. The van der Waals surface area contributed by atoms with Crippen molar-refractivity contribution < 1.29 is 4.74 Å². The van der Waals surface area contributed by atoms with Crippen molar-refractivity contribution in [2.45, 2.75) is 39.0 Å². The second kappa shape index (κ2) is 6.60. The van der Waals surface area contributed by atoms with E-state index in [0.717, 1.165) is 25.2 Å². The zero-order chi connectivity index (χ0) is 14.4. The summed E-state index contributed by atoms with van der Waals surface area (Å²) in [5.74, 6) is 1.02. The molecule has 0 heterocycles. The molecule has 0 bridgehead atoms. The normalized spacial score (nSPS) is 11.3. The maximum Gasteiger partial charge on any atom is 0.123 e. The van der Waals surface area contributed by atoms with E-state index < -0.39 is 0 Å². The van der Waals surface area contributed by atoms with E-state index in [9.17, 15) is 0 Å². The van der Waals surface area contributed by atoms with Crippen molar-refractivity contribution in [2.24, 2.45) is 0 Å². The van der Waals surface area contributed by atoms with Crippen LogP contribution in [0.25, 0.3) is 0 Å². The van der Waals surface area contributed by atoms with Crippen molar-refractivity contribution in [3.8, 4) is 5.75 Å². The summed E-state index contributed by atoms with van der Waals surface area (Å²) in [6.07, 6.45) is 2.11. The predicted octanol–water partition coefficient (Wildman–Crippen LogP) is 5.00. The maximum absolute atomic E-state index is 5.99. The molecule has 0 fully saturated rings. The molecule has 2 aromatic rings. The van der Waals surface area contributed by atoms with Gasteiger partial charge < -0.3 is 4.74 Å². The summed E-state index contributed by atoms with van der Waals surface area (Å²) in [7, 11) is 0. The fourth-order valence-electron chi connectivity index (χ4n) is 2.32. The van der Waals surface area contributed by atoms with E-state index in [-0.39, 0.29) is 5.41 Å². The number of rotatable bonds is 5. The van der Waals surface area contributed by atoms with Crippen LogP contribution >= 0.6 is 0 Å². The summed E-state index contributed by atoms with van der Waals surface area (Å²) >= 11 is 0. The number of para-hydroxylation sites is 1. The number of hydrogen-bond donors (Lipinski definition) is 0. The molecule has 0 amide bonds. The maximum atomic E-state index is 5.99. The fourth-order valence-corrected chi connectivity index (χ4v) is 2.32. The van der Waals surface area contributed by atoms with Crippen molar-refractivity contribution in [3.63, 3.8) is 0 Å². The SMILES string of the molecule is CC(C)(C)c1ccccc1OCCCc1ccccc1. The first kappa shape index (κ1) is 14.6. The van der Waals surface area contributed by atoms with Gasteiger partial charge >= 0.3 is 0 Å². The minimum atomic E-state index is 0.121. The van der Waals surface area contributed by atoms with Gasteiger partial charge in [0.2, 0.25) is 0 Å². The van der Waals surface area contributed by atoms with Crippen LogP contribution in [0.5, 0.6) is 5.75 Å². The second-order valence-corrected chi connectivity index (χ2v) is 6.18. The van der Waals surface area contributed by atoms with Gasteiger partial charge in [0, 0.05) is 0 Å². The van der Waals surface area contributed by atoms with Gasteiger partial charge in [-0.25, -0.2) is 0 Å². The van der Waals surface area contributed by atoms with Crippen LogP contribution in [0, 0.1) is 0 Å². The Kier molecular flexibility index (Phi) is 4.84. The minimum absolute atomic E-state index is 0.121. The summed E-state index contributed by atoms with van der Waals surface area (Å²) in [6.45, 7) is 7.43. The molecule has 2 rings (SSSR count). The summed E-state index contributed by atoms with van der Waals surface area (Å²) in [5, 5.41) is 0. The van der Waals surface area contributed by atoms with Gasteiger partial charge in [-0.3, -0.25) is 0 Å². The molecule has 0 aliphatic rings. The largest absolute Gasteiger partial charge is 0.493 e. The lowest BCUT2D eigenvalue weighted by molar-refractivity contribution is 0.302. The molecule has 0 aliphatic carbocycles. The number of benzene rings is 2. The van der Waals surface area contributed by atoms with Gasteiger partial charge in [-0.15, -0.1) is 0 Å². The highest BCUT2D eigenvalue weighted by molar-refractivity contribution is 5.38. The van der Waals surface area contributed by atoms with E-state index in [2.05, 4.69) is 69.3 Å². The molecule has 0 saturated carbocycles. The molecule has 1 heteroatoms. The molecular weight excluding hydrogens is 244 g/mol. The third-order valence-corrected chi connectivity index (χ3v) is 3.41. The molecule has 0 spiro atoms. The topological polar surface area (TPSA) is 9.23 Å². The van der Waals surface area contributed by atoms with E-state index >= 15 is 0 Å². The highest BCUT2D eigenvalue weighted by atomic mass is 16.5. The Hall–Kier alpha value is -1.76. The lowest BCUT2D eigenvalue weighted by Gasteiger charge is -2.22. The molecule has 0 atom stereocenters. The summed E-state index contributed by atoms with van der Waals surface area (Å²) in [5.41, 5.74) is 2.77. The van der Waals surface area contributed by atoms with Gasteiger partial charge in [0.25, 0.3) is 0 Å². The summed E-state index contributed by atoms with van der Waals surface area (Å²) in [6, 6.07) is 18.9. The zero-order valence-electron chi connectivity index (χ0n) is 12.7. The molecule has 0 aliphatic heterocycles. The third-order valence-electron chi connectivity index (χ3n) is 3.41. The molecule has 20 heavy (non-hydrogen) atoms. The van der Waals surface area contributed by atoms with Crippen LogP contribution in [-0.2, 0) is 11.8 Å². The molecule has 0 radical (unpaired) electrons. The van der Waals surface area contributed by atoms with Gasteiger partial charge in [-0.05, 0) is 35.4 Å². The van der Waals surface area contributed by atoms with Gasteiger partial charge in [0.1, 0.15) is 5.75 Å². The Labute approximate surface area is 122 Å². The van der Waals surface area contributed by atoms with Gasteiger partial charge in [0.15, 0.2) is 0 Å². The van der Waals surface area contributed by atoms with Gasteiger partial charge in [-0.2, -0.15) is 0 Å². The van der Waals surface area contributed by atoms with Crippen LogP contribution in [-0.4, -0.2) is 6.61 Å². The molecule has 0 N–H and O–H groups in total. The van der Waals surface area contributed by atoms with E-state index in [1.807, 2.05) is 6.07 Å². The number of aryl methyl sites for hydroxylation is 1. The predicted molar refractivity (Wildman–Crippen MR) is 85.4 cm³/mol.